The van der Waals surface area contributed by atoms with Crippen LogP contribution in [0.2, 0.25) is 0 Å². The summed E-state index contributed by atoms with van der Waals surface area (Å²) in [6.45, 7) is 4.05. The van der Waals surface area contributed by atoms with Crippen LogP contribution in [0.25, 0.3) is 17.0 Å². The van der Waals surface area contributed by atoms with Gasteiger partial charge in [-0.1, -0.05) is 31.2 Å². The van der Waals surface area contributed by atoms with Crippen molar-refractivity contribution in [3.63, 3.8) is 0 Å². The molecule has 0 fully saturated rings. The molecule has 2 aromatic carbocycles. The molecular weight excluding hydrogens is 352 g/mol. The Kier molecular flexibility index (Phi) is 5.94. The summed E-state index contributed by atoms with van der Waals surface area (Å²) < 4.78 is 10.5. The van der Waals surface area contributed by atoms with Gasteiger partial charge in [-0.3, -0.25) is 9.78 Å². The van der Waals surface area contributed by atoms with Gasteiger partial charge in [0, 0.05) is 17.2 Å². The number of carbonyl (C=O) groups excluding carboxylic acids is 1. The number of nitrogens with zero attached hydrogens (tertiary/aromatic N) is 1. The molecule has 3 rings (SSSR count). The molecule has 0 spiro atoms. The van der Waals surface area contributed by atoms with Crippen LogP contribution in [0.5, 0.6) is 11.5 Å². The molecule has 0 saturated heterocycles. The van der Waals surface area contributed by atoms with E-state index in [1.165, 1.54) is 6.08 Å². The highest BCUT2D eigenvalue weighted by molar-refractivity contribution is 6.08. The molecule has 3 aromatic rings. The molecule has 0 aliphatic rings. The normalized spacial score (nSPS) is 11.0. The number of aryl methyl sites for hydroxylation is 1. The van der Waals surface area contributed by atoms with Crippen LogP contribution >= 0.6 is 0 Å². The fourth-order valence-corrected chi connectivity index (χ4v) is 3.16. The van der Waals surface area contributed by atoms with Gasteiger partial charge in [-0.25, -0.2) is 0 Å². The van der Waals surface area contributed by atoms with Crippen molar-refractivity contribution in [2.24, 2.45) is 0 Å². The summed E-state index contributed by atoms with van der Waals surface area (Å²) in [6.07, 6.45) is 4.07. The average molecular weight is 376 g/mol. The van der Waals surface area contributed by atoms with Crippen LogP contribution in [0.4, 0.5) is 5.69 Å². The number of ether oxygens (including phenoxy) is 2. The van der Waals surface area contributed by atoms with E-state index in [-0.39, 0.29) is 5.91 Å². The maximum atomic E-state index is 12.6. The first-order valence-electron chi connectivity index (χ1n) is 9.16. The molecule has 0 atom stereocenters. The Hall–Kier alpha value is -3.34. The molecule has 1 amide bonds. The van der Waals surface area contributed by atoms with Crippen LogP contribution in [0.1, 0.15) is 23.7 Å². The number of rotatable bonds is 6. The van der Waals surface area contributed by atoms with E-state index in [0.29, 0.717) is 11.5 Å². The van der Waals surface area contributed by atoms with E-state index in [0.717, 1.165) is 39.8 Å². The Bertz CT molecular complexity index is 1040. The van der Waals surface area contributed by atoms with E-state index in [4.69, 9.17) is 14.5 Å². The Morgan fingerprint density at radius 3 is 2.57 bits per heavy atom. The lowest BCUT2D eigenvalue weighted by Crippen LogP contribution is -2.11. The lowest BCUT2D eigenvalue weighted by atomic mass is 10.1. The fraction of sp³-hybridized carbons (Fsp3) is 0.217. The second-order valence-electron chi connectivity index (χ2n) is 6.37. The molecule has 5 nitrogen and oxygen atoms in total. The Balaban J connectivity index is 1.87. The predicted molar refractivity (Wildman–Crippen MR) is 113 cm³/mol. The van der Waals surface area contributed by atoms with E-state index in [1.807, 2.05) is 49.4 Å². The number of hydrogen-bond donors (Lipinski definition) is 1. The largest absolute Gasteiger partial charge is 0.493 e. The van der Waals surface area contributed by atoms with Gasteiger partial charge in [0.05, 0.1) is 25.4 Å². The number of anilines is 1. The minimum atomic E-state index is -0.198. The number of aromatic nitrogens is 1. The topological polar surface area (TPSA) is 60.5 Å². The highest BCUT2D eigenvalue weighted by Gasteiger charge is 2.12. The molecule has 1 N–H and O–H groups in total. The van der Waals surface area contributed by atoms with E-state index in [2.05, 4.69) is 12.2 Å². The van der Waals surface area contributed by atoms with Crippen LogP contribution in [-0.2, 0) is 11.2 Å². The summed E-state index contributed by atoms with van der Waals surface area (Å²) in [5.74, 6) is 1.07. The minimum Gasteiger partial charge on any atom is -0.493 e. The van der Waals surface area contributed by atoms with Crippen molar-refractivity contribution in [3.8, 4) is 11.5 Å². The van der Waals surface area contributed by atoms with Crippen LogP contribution in [0.15, 0.2) is 48.5 Å². The summed E-state index contributed by atoms with van der Waals surface area (Å²) in [7, 11) is 3.17. The van der Waals surface area contributed by atoms with Crippen LogP contribution in [-0.4, -0.2) is 25.1 Å². The average Bonchev–Trinajstić information content (AvgIpc) is 2.73. The number of pyridine rings is 1. The summed E-state index contributed by atoms with van der Waals surface area (Å²) in [4.78, 5) is 17.3. The monoisotopic (exact) mass is 376 g/mol. The van der Waals surface area contributed by atoms with Crippen molar-refractivity contribution in [1.29, 1.82) is 0 Å². The highest BCUT2D eigenvalue weighted by atomic mass is 16.5. The Morgan fingerprint density at radius 1 is 1.11 bits per heavy atom. The van der Waals surface area contributed by atoms with Gasteiger partial charge in [-0.05, 0) is 48.7 Å². The molecular formula is C23H24N2O3. The van der Waals surface area contributed by atoms with Crippen LogP contribution in [0.3, 0.4) is 0 Å². The van der Waals surface area contributed by atoms with Crippen molar-refractivity contribution < 1.29 is 14.3 Å². The number of para-hydroxylation sites is 1. The molecule has 28 heavy (non-hydrogen) atoms. The number of fused-ring (bicyclic) bond motifs is 1. The molecule has 0 aliphatic heterocycles. The van der Waals surface area contributed by atoms with Crippen molar-refractivity contribution in [2.75, 3.05) is 19.5 Å². The molecule has 0 aliphatic carbocycles. The first-order valence-corrected chi connectivity index (χ1v) is 9.16. The molecule has 0 radical (unpaired) electrons. The quantitative estimate of drug-likeness (QED) is 0.629. The van der Waals surface area contributed by atoms with Crippen molar-refractivity contribution in [3.05, 3.63) is 65.4 Å². The third-order valence-electron chi connectivity index (χ3n) is 4.65. The summed E-state index contributed by atoms with van der Waals surface area (Å²) in [6, 6.07) is 13.3. The number of benzene rings is 2. The van der Waals surface area contributed by atoms with Gasteiger partial charge >= 0.3 is 0 Å². The van der Waals surface area contributed by atoms with Crippen LogP contribution < -0.4 is 14.8 Å². The molecule has 144 valence electrons. The lowest BCUT2D eigenvalue weighted by Gasteiger charge is -2.14. The zero-order chi connectivity index (χ0) is 20.1. The number of hydrogen-bond acceptors (Lipinski definition) is 4. The number of methoxy groups -OCH3 is 2. The third kappa shape index (κ3) is 3.98. The van der Waals surface area contributed by atoms with Gasteiger partial charge in [-0.2, -0.15) is 0 Å². The molecule has 0 saturated carbocycles. The number of nitrogens with one attached hydrogen (secondary N) is 1. The number of carbonyl (C=O) groups is 1. The van der Waals surface area contributed by atoms with Gasteiger partial charge in [0.1, 0.15) is 0 Å². The van der Waals surface area contributed by atoms with Gasteiger partial charge in [-0.15, -0.1) is 0 Å². The third-order valence-corrected chi connectivity index (χ3v) is 4.65. The first kappa shape index (κ1) is 19.4. The standard InChI is InChI=1S/C23H24N2O3/c1-5-18-15(2)23(17-8-6-7-9-19(17)24-18)25-22(26)13-11-16-10-12-20(27-3)21(14-16)28-4/h6-14H,5H2,1-4H3,(H,24,25,26). The van der Waals surface area contributed by atoms with E-state index < -0.39 is 0 Å². The zero-order valence-corrected chi connectivity index (χ0v) is 16.6. The smallest absolute Gasteiger partial charge is 0.248 e. The first-order chi connectivity index (χ1) is 13.6. The van der Waals surface area contributed by atoms with Gasteiger partial charge in [0.2, 0.25) is 5.91 Å². The van der Waals surface area contributed by atoms with E-state index in [1.54, 1.807) is 20.3 Å². The summed E-state index contributed by atoms with van der Waals surface area (Å²) in [5, 5.41) is 3.96. The van der Waals surface area contributed by atoms with Crippen molar-refractivity contribution in [2.45, 2.75) is 20.3 Å². The van der Waals surface area contributed by atoms with E-state index >= 15 is 0 Å². The molecule has 1 heterocycles. The van der Waals surface area contributed by atoms with Crippen molar-refractivity contribution >= 4 is 28.6 Å². The number of amides is 1. The Labute approximate surface area is 165 Å². The molecule has 0 unspecified atom stereocenters. The zero-order valence-electron chi connectivity index (χ0n) is 16.6. The van der Waals surface area contributed by atoms with E-state index in [9.17, 15) is 4.79 Å². The van der Waals surface area contributed by atoms with Crippen LogP contribution in [0, 0.1) is 6.92 Å². The maximum absolute atomic E-state index is 12.6. The summed E-state index contributed by atoms with van der Waals surface area (Å²) in [5.41, 5.74) is 4.51. The summed E-state index contributed by atoms with van der Waals surface area (Å²) >= 11 is 0. The fourth-order valence-electron chi connectivity index (χ4n) is 3.16. The lowest BCUT2D eigenvalue weighted by molar-refractivity contribution is -0.111. The second-order valence-corrected chi connectivity index (χ2v) is 6.37. The molecule has 5 heteroatoms. The maximum Gasteiger partial charge on any atom is 0.248 e. The predicted octanol–water partition coefficient (Wildman–Crippen LogP) is 4.77. The van der Waals surface area contributed by atoms with Gasteiger partial charge in [0.15, 0.2) is 11.5 Å². The highest BCUT2D eigenvalue weighted by Crippen LogP contribution is 2.29. The van der Waals surface area contributed by atoms with Crippen molar-refractivity contribution in [1.82, 2.24) is 4.98 Å². The SMILES string of the molecule is CCc1nc2ccccc2c(NC(=O)C=Cc2ccc(OC)c(OC)c2)c1C. The minimum absolute atomic E-state index is 0.198. The Morgan fingerprint density at radius 2 is 1.86 bits per heavy atom. The molecule has 1 aromatic heterocycles. The molecule has 0 bridgehead atoms. The second kappa shape index (κ2) is 8.57. The van der Waals surface area contributed by atoms with Gasteiger partial charge in [0.25, 0.3) is 0 Å². The van der Waals surface area contributed by atoms with Gasteiger partial charge < -0.3 is 14.8 Å².